The highest BCUT2D eigenvalue weighted by atomic mass is 16.5. The van der Waals surface area contributed by atoms with Crippen LogP contribution in [0.2, 0.25) is 0 Å². The van der Waals surface area contributed by atoms with Gasteiger partial charge in [0.15, 0.2) is 0 Å². The largest absolute Gasteiger partial charge is 0.380 e. The van der Waals surface area contributed by atoms with Gasteiger partial charge in [0.2, 0.25) is 0 Å². The Labute approximate surface area is 101 Å². The van der Waals surface area contributed by atoms with Gasteiger partial charge in [-0.1, -0.05) is 13.8 Å². The number of nitrogens with one attached hydrogen (secondary N) is 1. The number of likely N-dealkylation sites (tertiary alicyclic amines) is 1. The van der Waals surface area contributed by atoms with Crippen molar-refractivity contribution in [1.29, 1.82) is 0 Å². The van der Waals surface area contributed by atoms with Crippen LogP contribution in [0.3, 0.4) is 0 Å². The van der Waals surface area contributed by atoms with E-state index in [4.69, 9.17) is 4.74 Å². The lowest BCUT2D eigenvalue weighted by atomic mass is 10.0. The zero-order valence-corrected chi connectivity index (χ0v) is 11.3. The van der Waals surface area contributed by atoms with Crippen molar-refractivity contribution in [3.63, 3.8) is 0 Å². The van der Waals surface area contributed by atoms with E-state index in [1.807, 2.05) is 7.05 Å². The second-order valence-electron chi connectivity index (χ2n) is 5.18. The van der Waals surface area contributed by atoms with Crippen molar-refractivity contribution < 1.29 is 4.74 Å². The van der Waals surface area contributed by atoms with Crippen molar-refractivity contribution in [2.45, 2.75) is 33.2 Å². The molecule has 2 atom stereocenters. The Hall–Kier alpha value is -0.120. The maximum atomic E-state index is 5.61. The molecule has 0 aromatic heterocycles. The summed E-state index contributed by atoms with van der Waals surface area (Å²) in [5.41, 5.74) is 0. The first-order valence-electron chi connectivity index (χ1n) is 6.65. The minimum atomic E-state index is 0.599. The predicted octanol–water partition coefficient (Wildman–Crippen LogP) is 1.59. The average Bonchev–Trinajstić information content (AvgIpc) is 2.67. The molecule has 0 aromatic carbocycles. The van der Waals surface area contributed by atoms with Crippen LogP contribution in [0.5, 0.6) is 0 Å². The van der Waals surface area contributed by atoms with Crippen LogP contribution in [0.4, 0.5) is 0 Å². The molecule has 16 heavy (non-hydrogen) atoms. The molecule has 0 radical (unpaired) electrons. The maximum absolute atomic E-state index is 5.61. The Morgan fingerprint density at radius 3 is 2.75 bits per heavy atom. The molecule has 1 aliphatic heterocycles. The van der Waals surface area contributed by atoms with Crippen LogP contribution >= 0.6 is 0 Å². The Kier molecular flexibility index (Phi) is 6.32. The lowest BCUT2D eigenvalue weighted by Gasteiger charge is -2.30. The van der Waals surface area contributed by atoms with Crippen molar-refractivity contribution in [2.24, 2.45) is 11.8 Å². The summed E-state index contributed by atoms with van der Waals surface area (Å²) in [6.45, 7) is 12.0. The molecule has 0 aliphatic carbocycles. The second kappa shape index (κ2) is 7.25. The van der Waals surface area contributed by atoms with Gasteiger partial charge in [-0.15, -0.1) is 0 Å². The van der Waals surface area contributed by atoms with Crippen molar-refractivity contribution in [2.75, 3.05) is 39.9 Å². The van der Waals surface area contributed by atoms with E-state index in [9.17, 15) is 0 Å². The second-order valence-corrected chi connectivity index (χ2v) is 5.18. The first-order valence-corrected chi connectivity index (χ1v) is 6.65. The lowest BCUT2D eigenvalue weighted by molar-refractivity contribution is 0.0540. The van der Waals surface area contributed by atoms with Gasteiger partial charge in [0.05, 0.1) is 6.61 Å². The molecule has 1 fully saturated rings. The smallest absolute Gasteiger partial charge is 0.0624 e. The molecule has 2 unspecified atom stereocenters. The van der Waals surface area contributed by atoms with Gasteiger partial charge >= 0.3 is 0 Å². The molecule has 0 bridgehead atoms. The molecule has 3 nitrogen and oxygen atoms in total. The highest BCUT2D eigenvalue weighted by Gasteiger charge is 2.29. The number of hydrogen-bond acceptors (Lipinski definition) is 3. The van der Waals surface area contributed by atoms with E-state index in [1.165, 1.54) is 19.5 Å². The minimum Gasteiger partial charge on any atom is -0.380 e. The molecule has 1 rings (SSSR count). The molecule has 0 amide bonds. The molecule has 96 valence electrons. The van der Waals surface area contributed by atoms with Crippen molar-refractivity contribution in [3.05, 3.63) is 0 Å². The van der Waals surface area contributed by atoms with Crippen LogP contribution in [0.1, 0.15) is 27.2 Å². The number of nitrogens with zero attached hydrogens (tertiary/aromatic N) is 1. The Morgan fingerprint density at radius 1 is 1.44 bits per heavy atom. The Bertz CT molecular complexity index is 185. The standard InChI is InChI=1S/C13H28N2O/c1-5-16-10-13(11(2)3)15-7-6-12(9-15)8-14-4/h11-14H,5-10H2,1-4H3. The van der Waals surface area contributed by atoms with Gasteiger partial charge < -0.3 is 10.1 Å². The third-order valence-electron chi connectivity index (χ3n) is 3.54. The monoisotopic (exact) mass is 228 g/mol. The van der Waals surface area contributed by atoms with Crippen LogP contribution in [-0.4, -0.2) is 50.8 Å². The fourth-order valence-electron chi connectivity index (χ4n) is 2.58. The summed E-state index contributed by atoms with van der Waals surface area (Å²) in [4.78, 5) is 2.61. The van der Waals surface area contributed by atoms with Crippen LogP contribution in [0.15, 0.2) is 0 Å². The number of rotatable bonds is 7. The maximum Gasteiger partial charge on any atom is 0.0624 e. The Morgan fingerprint density at radius 2 is 2.19 bits per heavy atom. The molecular weight excluding hydrogens is 200 g/mol. The molecular formula is C13H28N2O. The summed E-state index contributed by atoms with van der Waals surface area (Å²) in [5, 5.41) is 3.28. The third kappa shape index (κ3) is 4.04. The van der Waals surface area contributed by atoms with E-state index in [0.717, 1.165) is 25.7 Å². The fourth-order valence-corrected chi connectivity index (χ4v) is 2.58. The topological polar surface area (TPSA) is 24.5 Å². The van der Waals surface area contributed by atoms with Gasteiger partial charge in [-0.2, -0.15) is 0 Å². The summed E-state index contributed by atoms with van der Waals surface area (Å²) in [7, 11) is 2.04. The van der Waals surface area contributed by atoms with E-state index in [1.54, 1.807) is 0 Å². The van der Waals surface area contributed by atoms with Crippen LogP contribution in [-0.2, 0) is 4.74 Å². The zero-order chi connectivity index (χ0) is 12.0. The quantitative estimate of drug-likeness (QED) is 0.716. The summed E-state index contributed by atoms with van der Waals surface area (Å²) in [6, 6.07) is 0.599. The summed E-state index contributed by atoms with van der Waals surface area (Å²) in [5.74, 6) is 1.51. The van der Waals surface area contributed by atoms with Gasteiger partial charge in [-0.25, -0.2) is 0 Å². The van der Waals surface area contributed by atoms with Crippen LogP contribution in [0.25, 0.3) is 0 Å². The van der Waals surface area contributed by atoms with E-state index in [2.05, 4.69) is 31.0 Å². The molecule has 1 saturated heterocycles. The van der Waals surface area contributed by atoms with Crippen LogP contribution < -0.4 is 5.32 Å². The molecule has 1 N–H and O–H groups in total. The third-order valence-corrected chi connectivity index (χ3v) is 3.54. The summed E-state index contributed by atoms with van der Waals surface area (Å²) < 4.78 is 5.61. The minimum absolute atomic E-state index is 0.599. The van der Waals surface area contributed by atoms with Gasteiger partial charge in [0, 0.05) is 19.2 Å². The number of hydrogen-bond donors (Lipinski definition) is 1. The molecule has 0 saturated carbocycles. The highest BCUT2D eigenvalue weighted by molar-refractivity contribution is 4.83. The number of ether oxygens (including phenoxy) is 1. The van der Waals surface area contributed by atoms with E-state index < -0.39 is 0 Å². The van der Waals surface area contributed by atoms with Gasteiger partial charge in [0.25, 0.3) is 0 Å². The van der Waals surface area contributed by atoms with Crippen molar-refractivity contribution in [3.8, 4) is 0 Å². The average molecular weight is 228 g/mol. The first kappa shape index (κ1) is 13.9. The fraction of sp³-hybridized carbons (Fsp3) is 1.00. The van der Waals surface area contributed by atoms with Gasteiger partial charge in [-0.05, 0) is 45.3 Å². The molecule has 1 heterocycles. The van der Waals surface area contributed by atoms with E-state index >= 15 is 0 Å². The molecule has 0 spiro atoms. The summed E-state index contributed by atoms with van der Waals surface area (Å²) in [6.07, 6.45) is 1.33. The van der Waals surface area contributed by atoms with Crippen LogP contribution in [0, 0.1) is 11.8 Å². The molecule has 3 heteroatoms. The normalized spacial score (nSPS) is 24.2. The molecule has 1 aliphatic rings. The Balaban J connectivity index is 2.40. The van der Waals surface area contributed by atoms with Gasteiger partial charge in [0.1, 0.15) is 0 Å². The SMILES string of the molecule is CCOCC(C(C)C)N1CCC(CNC)C1. The van der Waals surface area contributed by atoms with E-state index in [-0.39, 0.29) is 0 Å². The first-order chi connectivity index (χ1) is 7.69. The zero-order valence-electron chi connectivity index (χ0n) is 11.3. The van der Waals surface area contributed by atoms with Crippen molar-refractivity contribution in [1.82, 2.24) is 10.2 Å². The van der Waals surface area contributed by atoms with E-state index in [0.29, 0.717) is 12.0 Å². The molecule has 0 aromatic rings. The highest BCUT2D eigenvalue weighted by Crippen LogP contribution is 2.22. The summed E-state index contributed by atoms with van der Waals surface area (Å²) >= 11 is 0. The lowest BCUT2D eigenvalue weighted by Crippen LogP contribution is -2.41. The van der Waals surface area contributed by atoms with Gasteiger partial charge in [-0.3, -0.25) is 4.90 Å². The van der Waals surface area contributed by atoms with Crippen molar-refractivity contribution >= 4 is 0 Å². The predicted molar refractivity (Wildman–Crippen MR) is 68.7 cm³/mol.